The quantitative estimate of drug-likeness (QED) is 0.618. The first-order valence-corrected chi connectivity index (χ1v) is 6.41. The molecule has 1 rings (SSSR count). The molecule has 108 valence electrons. The molecule has 1 aromatic rings. The molecule has 0 bridgehead atoms. The van der Waals surface area contributed by atoms with Crippen molar-refractivity contribution in [3.05, 3.63) is 34.3 Å². The van der Waals surface area contributed by atoms with Crippen LogP contribution in [0, 0.1) is 0 Å². The van der Waals surface area contributed by atoms with E-state index in [0.29, 0.717) is 0 Å². The van der Waals surface area contributed by atoms with Crippen LogP contribution in [-0.2, 0) is 16.1 Å². The van der Waals surface area contributed by atoms with Crippen LogP contribution in [0.4, 0.5) is 4.79 Å². The maximum absolute atomic E-state index is 11.5. The van der Waals surface area contributed by atoms with E-state index in [2.05, 4.69) is 26.6 Å². The van der Waals surface area contributed by atoms with Crippen molar-refractivity contribution < 1.29 is 24.6 Å². The number of rotatable bonds is 6. The lowest BCUT2D eigenvalue weighted by atomic mass is 10.2. The number of urea groups is 1. The first-order chi connectivity index (χ1) is 9.38. The predicted octanol–water partition coefficient (Wildman–Crippen LogP) is 1.18. The molecule has 0 radical (unpaired) electrons. The Balaban J connectivity index is 2.47. The van der Waals surface area contributed by atoms with Crippen LogP contribution in [0.15, 0.2) is 28.7 Å². The van der Waals surface area contributed by atoms with Gasteiger partial charge in [0.1, 0.15) is 6.04 Å². The van der Waals surface area contributed by atoms with Crippen molar-refractivity contribution in [1.29, 1.82) is 0 Å². The number of aliphatic carboxylic acids is 2. The molecule has 7 nitrogen and oxygen atoms in total. The molecule has 2 amide bonds. The minimum absolute atomic E-state index is 0.207. The first-order valence-electron chi connectivity index (χ1n) is 5.62. The molecule has 0 fully saturated rings. The maximum Gasteiger partial charge on any atom is 0.326 e. The van der Waals surface area contributed by atoms with Crippen LogP contribution >= 0.6 is 15.9 Å². The zero-order chi connectivity index (χ0) is 15.1. The molecule has 0 aliphatic rings. The van der Waals surface area contributed by atoms with E-state index in [1.54, 1.807) is 24.3 Å². The molecule has 0 saturated carbocycles. The zero-order valence-electron chi connectivity index (χ0n) is 10.3. The summed E-state index contributed by atoms with van der Waals surface area (Å²) in [6, 6.07) is 4.99. The summed E-state index contributed by atoms with van der Waals surface area (Å²) in [6.07, 6.45) is -0.680. The molecule has 20 heavy (non-hydrogen) atoms. The Morgan fingerprint density at radius 1 is 1.15 bits per heavy atom. The van der Waals surface area contributed by atoms with Gasteiger partial charge in [-0.15, -0.1) is 0 Å². The highest BCUT2D eigenvalue weighted by Gasteiger charge is 2.22. The topological polar surface area (TPSA) is 116 Å². The monoisotopic (exact) mass is 344 g/mol. The van der Waals surface area contributed by atoms with E-state index in [0.717, 1.165) is 10.0 Å². The van der Waals surface area contributed by atoms with Gasteiger partial charge in [-0.05, 0) is 17.7 Å². The molecule has 1 aromatic carbocycles. The number of amides is 2. The third-order valence-electron chi connectivity index (χ3n) is 2.35. The lowest BCUT2D eigenvalue weighted by Gasteiger charge is -2.13. The average Bonchev–Trinajstić information content (AvgIpc) is 2.36. The Morgan fingerprint density at radius 2 is 1.75 bits per heavy atom. The second kappa shape index (κ2) is 7.49. The number of nitrogens with one attached hydrogen (secondary N) is 2. The number of benzene rings is 1. The molecular weight excluding hydrogens is 332 g/mol. The molecule has 0 aromatic heterocycles. The van der Waals surface area contributed by atoms with Crippen LogP contribution in [0.1, 0.15) is 12.0 Å². The smallest absolute Gasteiger partial charge is 0.326 e. The van der Waals surface area contributed by atoms with E-state index in [4.69, 9.17) is 10.2 Å². The van der Waals surface area contributed by atoms with E-state index >= 15 is 0 Å². The van der Waals surface area contributed by atoms with Gasteiger partial charge in [-0.2, -0.15) is 0 Å². The van der Waals surface area contributed by atoms with Crippen LogP contribution in [0.5, 0.6) is 0 Å². The molecule has 0 aliphatic heterocycles. The Bertz CT molecular complexity index is 503. The van der Waals surface area contributed by atoms with Crippen molar-refractivity contribution in [2.45, 2.75) is 19.0 Å². The Labute approximate surface area is 123 Å². The number of carboxylic acids is 2. The van der Waals surface area contributed by atoms with Crippen molar-refractivity contribution in [3.8, 4) is 0 Å². The van der Waals surface area contributed by atoms with E-state index in [1.165, 1.54) is 0 Å². The molecule has 0 saturated heterocycles. The highest BCUT2D eigenvalue weighted by atomic mass is 79.9. The van der Waals surface area contributed by atoms with Gasteiger partial charge in [0.05, 0.1) is 6.42 Å². The molecule has 0 unspecified atom stereocenters. The maximum atomic E-state index is 11.5. The van der Waals surface area contributed by atoms with Crippen LogP contribution in [-0.4, -0.2) is 34.2 Å². The first kappa shape index (κ1) is 16.0. The highest BCUT2D eigenvalue weighted by molar-refractivity contribution is 9.10. The summed E-state index contributed by atoms with van der Waals surface area (Å²) in [7, 11) is 0. The summed E-state index contributed by atoms with van der Waals surface area (Å²) < 4.78 is 0.901. The van der Waals surface area contributed by atoms with Gasteiger partial charge in [-0.3, -0.25) is 4.79 Å². The molecule has 8 heteroatoms. The minimum atomic E-state index is -1.46. The SMILES string of the molecule is O=C(O)C[C@H](NC(=O)NCc1ccc(Br)cc1)C(=O)O. The van der Waals surface area contributed by atoms with Gasteiger partial charge in [-0.1, -0.05) is 28.1 Å². The third kappa shape index (κ3) is 5.70. The number of carbonyl (C=O) groups excluding carboxylic acids is 1. The van der Waals surface area contributed by atoms with Gasteiger partial charge in [0, 0.05) is 11.0 Å². The number of carboxylic acid groups (broad SMARTS) is 2. The lowest BCUT2D eigenvalue weighted by Crippen LogP contribution is -2.46. The van der Waals surface area contributed by atoms with Gasteiger partial charge >= 0.3 is 18.0 Å². The normalized spacial score (nSPS) is 11.4. The molecule has 0 aliphatic carbocycles. The minimum Gasteiger partial charge on any atom is -0.481 e. The van der Waals surface area contributed by atoms with Crippen molar-refractivity contribution in [2.75, 3.05) is 0 Å². The van der Waals surface area contributed by atoms with Crippen LogP contribution < -0.4 is 10.6 Å². The van der Waals surface area contributed by atoms with Crippen molar-refractivity contribution in [1.82, 2.24) is 10.6 Å². The van der Waals surface area contributed by atoms with Crippen LogP contribution in [0.25, 0.3) is 0 Å². The van der Waals surface area contributed by atoms with Crippen LogP contribution in [0.3, 0.4) is 0 Å². The Hall–Kier alpha value is -2.09. The van der Waals surface area contributed by atoms with E-state index < -0.39 is 30.4 Å². The Morgan fingerprint density at radius 3 is 2.25 bits per heavy atom. The van der Waals surface area contributed by atoms with Gasteiger partial charge in [0.25, 0.3) is 0 Å². The van der Waals surface area contributed by atoms with Gasteiger partial charge in [0.2, 0.25) is 0 Å². The number of hydrogen-bond acceptors (Lipinski definition) is 3. The molecule has 1 atom stereocenters. The summed E-state index contributed by atoms with van der Waals surface area (Å²) in [5.41, 5.74) is 0.827. The predicted molar refractivity (Wildman–Crippen MR) is 73.2 cm³/mol. The van der Waals surface area contributed by atoms with Crippen LogP contribution in [0.2, 0.25) is 0 Å². The number of hydrogen-bond donors (Lipinski definition) is 4. The summed E-state index contributed by atoms with van der Waals surface area (Å²) in [5.74, 6) is -2.70. The van der Waals surface area contributed by atoms with E-state index in [-0.39, 0.29) is 6.54 Å². The van der Waals surface area contributed by atoms with Gasteiger partial charge < -0.3 is 20.8 Å². The fraction of sp³-hybridized carbons (Fsp3) is 0.250. The van der Waals surface area contributed by atoms with E-state index in [9.17, 15) is 14.4 Å². The standard InChI is InChI=1S/C12H13BrN2O5/c13-8-3-1-7(2-4-8)6-14-12(20)15-9(11(18)19)5-10(16)17/h1-4,9H,5-6H2,(H,16,17)(H,18,19)(H2,14,15,20)/t9-/m0/s1. The molecule has 4 N–H and O–H groups in total. The molecule has 0 heterocycles. The summed E-state index contributed by atoms with van der Waals surface area (Å²) in [6.45, 7) is 0.207. The fourth-order valence-corrected chi connectivity index (χ4v) is 1.63. The van der Waals surface area contributed by atoms with Gasteiger partial charge in [-0.25, -0.2) is 9.59 Å². The Kier molecular flexibility index (Phi) is 5.98. The summed E-state index contributed by atoms with van der Waals surface area (Å²) >= 11 is 3.28. The summed E-state index contributed by atoms with van der Waals surface area (Å²) in [5, 5.41) is 21.9. The highest BCUT2D eigenvalue weighted by Crippen LogP contribution is 2.10. The zero-order valence-corrected chi connectivity index (χ0v) is 11.9. The molecule has 0 spiro atoms. The third-order valence-corrected chi connectivity index (χ3v) is 2.88. The molecular formula is C12H13BrN2O5. The average molecular weight is 345 g/mol. The largest absolute Gasteiger partial charge is 0.481 e. The van der Waals surface area contributed by atoms with Crippen molar-refractivity contribution in [3.63, 3.8) is 0 Å². The van der Waals surface area contributed by atoms with Gasteiger partial charge in [0.15, 0.2) is 0 Å². The van der Waals surface area contributed by atoms with E-state index in [1.807, 2.05) is 0 Å². The fourth-order valence-electron chi connectivity index (χ4n) is 1.37. The second-order valence-electron chi connectivity index (χ2n) is 3.94. The number of carbonyl (C=O) groups is 3. The second-order valence-corrected chi connectivity index (χ2v) is 4.86. The number of halogens is 1. The van der Waals surface area contributed by atoms with Crippen molar-refractivity contribution in [2.24, 2.45) is 0 Å². The lowest BCUT2D eigenvalue weighted by molar-refractivity contribution is -0.145. The van der Waals surface area contributed by atoms with Crippen molar-refractivity contribution >= 4 is 33.9 Å². The summed E-state index contributed by atoms with van der Waals surface area (Å²) in [4.78, 5) is 32.7.